The number of nitrogens with zero attached hydrogens (tertiary/aromatic N) is 3. The Kier molecular flexibility index (Phi) is 9.65. The zero-order valence-corrected chi connectivity index (χ0v) is 35.9. The van der Waals surface area contributed by atoms with Gasteiger partial charge in [-0.15, -0.1) is 0 Å². The molecule has 0 saturated carbocycles. The third-order valence-corrected chi connectivity index (χ3v) is 12.9. The standard InChI is InChI=1S/C62H45N3/c1-4-21-51(22-5-1)63(54-37-35-44-17-10-11-19-48(44)39-54)55-40-50(41-56(43-55)64(52-23-6-2-7-24-52)60-30-16-20-47-18-12-13-27-57(47)60)46-33-31-45(32-34-46)49-36-38-62-59(42-49)58-28-14-15-29-61(58)65(62)53-25-8-3-9-26-53/h1-6,8-23,25-43H,7,24H2. The molecule has 1 aliphatic carbocycles. The quantitative estimate of drug-likeness (QED) is 0.144. The van der Waals surface area contributed by atoms with Crippen LogP contribution in [0.15, 0.2) is 254 Å². The minimum absolute atomic E-state index is 0.940. The van der Waals surface area contributed by atoms with Gasteiger partial charge in [0.2, 0.25) is 0 Å². The summed E-state index contributed by atoms with van der Waals surface area (Å²) < 4.78 is 2.37. The van der Waals surface area contributed by atoms with Crippen LogP contribution in [0.25, 0.3) is 71.3 Å². The summed E-state index contributed by atoms with van der Waals surface area (Å²) in [4.78, 5) is 4.91. The van der Waals surface area contributed by atoms with Crippen molar-refractivity contribution in [3.05, 3.63) is 254 Å². The molecule has 1 aliphatic rings. The first kappa shape index (κ1) is 38.3. The Balaban J connectivity index is 1.03. The van der Waals surface area contributed by atoms with Gasteiger partial charge in [-0.1, -0.05) is 164 Å². The van der Waals surface area contributed by atoms with Gasteiger partial charge in [-0.05, 0) is 136 Å². The van der Waals surface area contributed by atoms with Crippen LogP contribution in [0.5, 0.6) is 0 Å². The van der Waals surface area contributed by atoms with Crippen molar-refractivity contribution in [2.45, 2.75) is 12.8 Å². The Morgan fingerprint density at radius 1 is 0.354 bits per heavy atom. The van der Waals surface area contributed by atoms with Gasteiger partial charge >= 0.3 is 0 Å². The van der Waals surface area contributed by atoms with Crippen LogP contribution in [-0.4, -0.2) is 4.57 Å². The molecule has 0 N–H and O–H groups in total. The highest BCUT2D eigenvalue weighted by Gasteiger charge is 2.22. The van der Waals surface area contributed by atoms with E-state index in [9.17, 15) is 0 Å². The Morgan fingerprint density at radius 2 is 0.985 bits per heavy atom. The van der Waals surface area contributed by atoms with Crippen LogP contribution >= 0.6 is 0 Å². The molecule has 0 atom stereocenters. The number of aromatic nitrogens is 1. The highest BCUT2D eigenvalue weighted by molar-refractivity contribution is 6.10. The van der Waals surface area contributed by atoms with Gasteiger partial charge < -0.3 is 14.4 Å². The lowest BCUT2D eigenvalue weighted by atomic mass is 9.97. The summed E-state index contributed by atoms with van der Waals surface area (Å²) in [5.41, 5.74) is 15.1. The SMILES string of the molecule is C1=CCCC(N(c2cc(-c3ccc(-c4ccc5c(c4)c4ccccc4n5-c4ccccc4)cc3)cc(N(c3ccccc3)c3ccc4ccccc4c3)c2)c2cccc3ccccc23)=C1. The van der Waals surface area contributed by atoms with Crippen molar-refractivity contribution in [1.29, 1.82) is 0 Å². The fraction of sp³-hybridized carbons (Fsp3) is 0.0323. The second-order valence-corrected chi connectivity index (χ2v) is 16.9. The van der Waals surface area contributed by atoms with Crippen LogP contribution in [0.1, 0.15) is 12.8 Å². The summed E-state index contributed by atoms with van der Waals surface area (Å²) in [6.45, 7) is 0. The van der Waals surface area contributed by atoms with E-state index in [0.29, 0.717) is 0 Å². The third kappa shape index (κ3) is 7.04. The molecule has 0 amide bonds. The smallest absolute Gasteiger partial charge is 0.0541 e. The molecule has 0 saturated heterocycles. The number of hydrogen-bond donors (Lipinski definition) is 0. The molecule has 3 heteroatoms. The van der Waals surface area contributed by atoms with Gasteiger partial charge in [0.05, 0.1) is 16.7 Å². The number of para-hydroxylation sites is 3. The van der Waals surface area contributed by atoms with E-state index in [1.165, 1.54) is 71.5 Å². The predicted molar refractivity (Wildman–Crippen MR) is 276 cm³/mol. The van der Waals surface area contributed by atoms with E-state index in [-0.39, 0.29) is 0 Å². The molecule has 1 heterocycles. The molecular weight excluding hydrogens is 787 g/mol. The first-order valence-electron chi connectivity index (χ1n) is 22.6. The van der Waals surface area contributed by atoms with E-state index in [1.807, 2.05) is 0 Å². The van der Waals surface area contributed by atoms with Gasteiger partial charge in [-0.3, -0.25) is 0 Å². The van der Waals surface area contributed by atoms with E-state index < -0.39 is 0 Å². The Labute approximate surface area is 379 Å². The molecule has 0 spiro atoms. The van der Waals surface area contributed by atoms with E-state index in [4.69, 9.17) is 0 Å². The van der Waals surface area contributed by atoms with Gasteiger partial charge in [0, 0.05) is 50.3 Å². The highest BCUT2D eigenvalue weighted by atomic mass is 15.2. The van der Waals surface area contributed by atoms with E-state index in [0.717, 1.165) is 46.7 Å². The molecule has 12 rings (SSSR count). The molecule has 65 heavy (non-hydrogen) atoms. The minimum atomic E-state index is 0.940. The molecule has 0 aliphatic heterocycles. The molecule has 10 aromatic carbocycles. The van der Waals surface area contributed by atoms with Gasteiger partial charge in [0.1, 0.15) is 0 Å². The lowest BCUT2D eigenvalue weighted by Gasteiger charge is -2.32. The number of rotatable bonds is 9. The van der Waals surface area contributed by atoms with Crippen LogP contribution < -0.4 is 9.80 Å². The first-order valence-corrected chi connectivity index (χ1v) is 22.6. The third-order valence-electron chi connectivity index (χ3n) is 12.9. The fourth-order valence-corrected chi connectivity index (χ4v) is 9.86. The molecule has 0 radical (unpaired) electrons. The van der Waals surface area contributed by atoms with Gasteiger partial charge in [-0.25, -0.2) is 0 Å². The lowest BCUT2D eigenvalue weighted by molar-refractivity contribution is 0.919. The summed E-state index contributed by atoms with van der Waals surface area (Å²) >= 11 is 0. The van der Waals surface area contributed by atoms with Gasteiger partial charge in [-0.2, -0.15) is 0 Å². The van der Waals surface area contributed by atoms with Crippen LogP contribution in [0.4, 0.5) is 28.4 Å². The molecule has 0 unspecified atom stereocenters. The maximum Gasteiger partial charge on any atom is 0.0541 e. The van der Waals surface area contributed by atoms with Crippen LogP contribution in [0, 0.1) is 0 Å². The Bertz CT molecular complexity index is 3590. The number of hydrogen-bond acceptors (Lipinski definition) is 2. The zero-order chi connectivity index (χ0) is 43.1. The van der Waals surface area contributed by atoms with Gasteiger partial charge in [0.25, 0.3) is 0 Å². The molecular formula is C62H45N3. The largest absolute Gasteiger partial charge is 0.313 e. The van der Waals surface area contributed by atoms with E-state index in [1.54, 1.807) is 0 Å². The monoisotopic (exact) mass is 831 g/mol. The second kappa shape index (κ2) is 16.4. The lowest BCUT2D eigenvalue weighted by Crippen LogP contribution is -2.19. The maximum absolute atomic E-state index is 2.50. The molecule has 1 aromatic heterocycles. The summed E-state index contributed by atoms with van der Waals surface area (Å²) in [5, 5.41) is 7.37. The van der Waals surface area contributed by atoms with Crippen molar-refractivity contribution in [2.75, 3.05) is 9.80 Å². The minimum Gasteiger partial charge on any atom is -0.313 e. The normalized spacial score (nSPS) is 12.5. The van der Waals surface area contributed by atoms with E-state index in [2.05, 4.69) is 263 Å². The molecule has 308 valence electrons. The van der Waals surface area contributed by atoms with Gasteiger partial charge in [0.15, 0.2) is 0 Å². The average Bonchev–Trinajstić information content (AvgIpc) is 3.71. The number of allylic oxidation sites excluding steroid dienone is 4. The van der Waals surface area contributed by atoms with Crippen LogP contribution in [0.2, 0.25) is 0 Å². The second-order valence-electron chi connectivity index (χ2n) is 16.9. The zero-order valence-electron chi connectivity index (χ0n) is 35.9. The van der Waals surface area contributed by atoms with Crippen molar-refractivity contribution < 1.29 is 0 Å². The number of anilines is 5. The van der Waals surface area contributed by atoms with E-state index >= 15 is 0 Å². The Morgan fingerprint density at radius 3 is 1.77 bits per heavy atom. The summed E-state index contributed by atoms with van der Waals surface area (Å²) in [6.07, 6.45) is 8.70. The maximum atomic E-state index is 2.50. The molecule has 0 fully saturated rings. The predicted octanol–water partition coefficient (Wildman–Crippen LogP) is 17.3. The fourth-order valence-electron chi connectivity index (χ4n) is 9.86. The highest BCUT2D eigenvalue weighted by Crippen LogP contribution is 2.45. The van der Waals surface area contributed by atoms with Crippen LogP contribution in [0.3, 0.4) is 0 Å². The van der Waals surface area contributed by atoms with Crippen molar-refractivity contribution in [3.63, 3.8) is 0 Å². The van der Waals surface area contributed by atoms with Crippen molar-refractivity contribution in [3.8, 4) is 27.9 Å². The van der Waals surface area contributed by atoms with Crippen molar-refractivity contribution >= 4 is 71.8 Å². The number of benzene rings is 10. The molecule has 3 nitrogen and oxygen atoms in total. The molecule has 11 aromatic rings. The van der Waals surface area contributed by atoms with Crippen molar-refractivity contribution in [1.82, 2.24) is 4.57 Å². The first-order chi connectivity index (χ1) is 32.2. The topological polar surface area (TPSA) is 11.4 Å². The molecule has 0 bridgehead atoms. The summed E-state index contributed by atoms with van der Waals surface area (Å²) in [7, 11) is 0. The number of fused-ring (bicyclic) bond motifs is 5. The Hall–Kier alpha value is -8.40. The average molecular weight is 832 g/mol. The van der Waals surface area contributed by atoms with Crippen molar-refractivity contribution in [2.24, 2.45) is 0 Å². The van der Waals surface area contributed by atoms with Crippen LogP contribution in [-0.2, 0) is 0 Å². The summed E-state index contributed by atoms with van der Waals surface area (Å²) in [5.74, 6) is 0. The summed E-state index contributed by atoms with van der Waals surface area (Å²) in [6, 6.07) is 84.2.